The molecule has 2 N–H and O–H groups in total. The summed E-state index contributed by atoms with van der Waals surface area (Å²) in [6.07, 6.45) is 0. The number of carbonyl (C=O) groups excluding carboxylic acids is 1. The summed E-state index contributed by atoms with van der Waals surface area (Å²) >= 11 is 5.70. The highest BCUT2D eigenvalue weighted by Crippen LogP contribution is 2.12. The molecule has 76 valence electrons. The van der Waals surface area contributed by atoms with Crippen molar-refractivity contribution >= 4 is 23.3 Å². The topological polar surface area (TPSA) is 44.4 Å². The summed E-state index contributed by atoms with van der Waals surface area (Å²) < 4.78 is 0. The number of nitrogens with one attached hydrogen (secondary N) is 2. The molecule has 1 aromatic rings. The van der Waals surface area contributed by atoms with Crippen LogP contribution in [0.5, 0.6) is 0 Å². The van der Waals surface area contributed by atoms with E-state index in [-0.39, 0.29) is 6.03 Å². The summed E-state index contributed by atoms with van der Waals surface area (Å²) in [7, 11) is 3.48. The molecule has 1 aromatic carbocycles. The number of halogens is 1. The van der Waals surface area contributed by atoms with Gasteiger partial charge in [-0.15, -0.1) is 0 Å². The Morgan fingerprint density at radius 3 is 2.36 bits per heavy atom. The molecule has 2 amide bonds. The number of urea groups is 1. The van der Waals surface area contributed by atoms with Crippen molar-refractivity contribution in [1.82, 2.24) is 10.4 Å². The van der Waals surface area contributed by atoms with Crippen LogP contribution in [-0.2, 0) is 0 Å². The molecular formula is C9H12ClN3O. The van der Waals surface area contributed by atoms with Crippen LogP contribution in [0.1, 0.15) is 0 Å². The normalized spacial score (nSPS) is 10.0. The van der Waals surface area contributed by atoms with Gasteiger partial charge in [-0.2, -0.15) is 0 Å². The van der Waals surface area contributed by atoms with Crippen molar-refractivity contribution in [1.29, 1.82) is 0 Å². The molecule has 0 saturated carbocycles. The van der Waals surface area contributed by atoms with E-state index in [4.69, 9.17) is 11.6 Å². The quantitative estimate of drug-likeness (QED) is 0.738. The number of amides is 2. The Kier molecular flexibility index (Phi) is 3.73. The maximum atomic E-state index is 11.2. The molecule has 0 atom stereocenters. The zero-order valence-electron chi connectivity index (χ0n) is 8.04. The summed E-state index contributed by atoms with van der Waals surface area (Å²) in [5.74, 6) is 0. The highest BCUT2D eigenvalue weighted by Gasteiger charge is 2.00. The first kappa shape index (κ1) is 10.8. The smallest absolute Gasteiger partial charge is 0.307 e. The van der Waals surface area contributed by atoms with Crippen LogP contribution in [0, 0.1) is 0 Å². The Hall–Kier alpha value is -1.26. The minimum atomic E-state index is -0.280. The maximum Gasteiger partial charge on any atom is 0.333 e. The SMILES string of the molecule is CN(C)NC(=O)Nc1ccc(Cl)cc1. The largest absolute Gasteiger partial charge is 0.333 e. The molecular weight excluding hydrogens is 202 g/mol. The standard InChI is InChI=1S/C9H12ClN3O/c1-13(2)12-9(14)11-8-5-3-7(10)4-6-8/h3-6H,1-2H3,(H2,11,12,14). The van der Waals surface area contributed by atoms with Crippen molar-refractivity contribution in [3.63, 3.8) is 0 Å². The van der Waals surface area contributed by atoms with Crippen molar-refractivity contribution in [3.05, 3.63) is 29.3 Å². The van der Waals surface area contributed by atoms with E-state index >= 15 is 0 Å². The third kappa shape index (κ3) is 3.64. The van der Waals surface area contributed by atoms with Crippen LogP contribution in [-0.4, -0.2) is 25.1 Å². The Labute approximate surface area is 87.8 Å². The lowest BCUT2D eigenvalue weighted by Gasteiger charge is -2.12. The van der Waals surface area contributed by atoms with Gasteiger partial charge in [0.05, 0.1) is 0 Å². The van der Waals surface area contributed by atoms with Crippen LogP contribution in [0.15, 0.2) is 24.3 Å². The Bertz CT molecular complexity index is 310. The van der Waals surface area contributed by atoms with E-state index in [0.717, 1.165) is 0 Å². The molecule has 0 unspecified atom stereocenters. The van der Waals surface area contributed by atoms with Crippen molar-refractivity contribution in [2.24, 2.45) is 0 Å². The predicted molar refractivity (Wildman–Crippen MR) is 57.3 cm³/mol. The first-order valence-corrected chi connectivity index (χ1v) is 4.46. The van der Waals surface area contributed by atoms with E-state index in [0.29, 0.717) is 10.7 Å². The second-order valence-electron chi connectivity index (χ2n) is 2.97. The summed E-state index contributed by atoms with van der Waals surface area (Å²) in [6.45, 7) is 0. The van der Waals surface area contributed by atoms with Crippen molar-refractivity contribution in [3.8, 4) is 0 Å². The zero-order chi connectivity index (χ0) is 10.6. The molecule has 0 aliphatic rings. The Morgan fingerprint density at radius 2 is 1.86 bits per heavy atom. The third-order valence-electron chi connectivity index (χ3n) is 1.43. The van der Waals surface area contributed by atoms with Gasteiger partial charge in [-0.1, -0.05) is 11.6 Å². The molecule has 0 spiro atoms. The highest BCUT2D eigenvalue weighted by molar-refractivity contribution is 6.30. The van der Waals surface area contributed by atoms with E-state index < -0.39 is 0 Å². The van der Waals surface area contributed by atoms with Gasteiger partial charge in [0.1, 0.15) is 0 Å². The Balaban J connectivity index is 2.52. The van der Waals surface area contributed by atoms with Crippen LogP contribution < -0.4 is 10.7 Å². The van der Waals surface area contributed by atoms with Crippen LogP contribution in [0.2, 0.25) is 5.02 Å². The molecule has 0 bridgehead atoms. The summed E-state index contributed by atoms with van der Waals surface area (Å²) in [5.41, 5.74) is 3.26. The molecule has 0 heterocycles. The van der Waals surface area contributed by atoms with Crippen LogP contribution in [0.3, 0.4) is 0 Å². The number of nitrogens with zero attached hydrogens (tertiary/aromatic N) is 1. The minimum Gasteiger partial charge on any atom is -0.307 e. The van der Waals surface area contributed by atoms with Crippen molar-refractivity contribution in [2.75, 3.05) is 19.4 Å². The summed E-state index contributed by atoms with van der Waals surface area (Å²) in [6, 6.07) is 6.62. The van der Waals surface area contributed by atoms with Gasteiger partial charge in [-0.3, -0.25) is 5.43 Å². The Morgan fingerprint density at radius 1 is 1.29 bits per heavy atom. The van der Waals surface area contributed by atoms with E-state index in [1.54, 1.807) is 43.4 Å². The molecule has 0 aromatic heterocycles. The van der Waals surface area contributed by atoms with Gasteiger partial charge in [-0.25, -0.2) is 9.80 Å². The predicted octanol–water partition coefficient (Wildman–Crippen LogP) is 1.94. The van der Waals surface area contributed by atoms with Crippen LogP contribution in [0.25, 0.3) is 0 Å². The zero-order valence-corrected chi connectivity index (χ0v) is 8.80. The summed E-state index contributed by atoms with van der Waals surface area (Å²) in [4.78, 5) is 11.2. The van der Waals surface area contributed by atoms with Crippen LogP contribution in [0.4, 0.5) is 10.5 Å². The molecule has 0 saturated heterocycles. The molecule has 1 rings (SSSR count). The average Bonchev–Trinajstić information content (AvgIpc) is 2.07. The number of hydrogen-bond acceptors (Lipinski definition) is 2. The number of hydrazine groups is 1. The van der Waals surface area contributed by atoms with Crippen molar-refractivity contribution in [2.45, 2.75) is 0 Å². The van der Waals surface area contributed by atoms with Crippen molar-refractivity contribution < 1.29 is 4.79 Å². The van der Waals surface area contributed by atoms with Gasteiger partial charge in [-0.05, 0) is 24.3 Å². The second-order valence-corrected chi connectivity index (χ2v) is 3.40. The monoisotopic (exact) mass is 213 g/mol. The fraction of sp³-hybridized carbons (Fsp3) is 0.222. The number of hydrogen-bond donors (Lipinski definition) is 2. The molecule has 0 aliphatic carbocycles. The fourth-order valence-corrected chi connectivity index (χ4v) is 1.02. The number of rotatable bonds is 2. The lowest BCUT2D eigenvalue weighted by Crippen LogP contribution is -2.39. The number of anilines is 1. The van der Waals surface area contributed by atoms with E-state index in [2.05, 4.69) is 10.7 Å². The van der Waals surface area contributed by atoms with Gasteiger partial charge in [0, 0.05) is 24.8 Å². The summed E-state index contributed by atoms with van der Waals surface area (Å²) in [5, 5.41) is 4.85. The molecule has 5 heteroatoms. The van der Waals surface area contributed by atoms with E-state index in [9.17, 15) is 4.79 Å². The molecule has 0 fully saturated rings. The van der Waals surface area contributed by atoms with E-state index in [1.165, 1.54) is 0 Å². The van der Waals surface area contributed by atoms with Gasteiger partial charge < -0.3 is 5.32 Å². The molecule has 14 heavy (non-hydrogen) atoms. The first-order valence-electron chi connectivity index (χ1n) is 4.08. The van der Waals surface area contributed by atoms with Gasteiger partial charge in [0.15, 0.2) is 0 Å². The van der Waals surface area contributed by atoms with E-state index in [1.807, 2.05) is 0 Å². The second kappa shape index (κ2) is 4.83. The minimum absolute atomic E-state index is 0.280. The van der Waals surface area contributed by atoms with Gasteiger partial charge in [0.25, 0.3) is 0 Å². The fourth-order valence-electron chi connectivity index (χ4n) is 0.895. The lowest BCUT2D eigenvalue weighted by atomic mass is 10.3. The molecule has 0 aliphatic heterocycles. The first-order chi connectivity index (χ1) is 6.58. The maximum absolute atomic E-state index is 11.2. The third-order valence-corrected chi connectivity index (χ3v) is 1.68. The molecule has 4 nitrogen and oxygen atoms in total. The van der Waals surface area contributed by atoms with Gasteiger partial charge >= 0.3 is 6.03 Å². The highest BCUT2D eigenvalue weighted by atomic mass is 35.5. The average molecular weight is 214 g/mol. The number of carbonyl (C=O) groups is 1. The lowest BCUT2D eigenvalue weighted by molar-refractivity contribution is 0.224. The van der Waals surface area contributed by atoms with Crippen LogP contribution >= 0.6 is 11.6 Å². The van der Waals surface area contributed by atoms with Gasteiger partial charge in [0.2, 0.25) is 0 Å². The number of benzene rings is 1. The molecule has 0 radical (unpaired) electrons.